The van der Waals surface area contributed by atoms with Gasteiger partial charge in [0.2, 0.25) is 5.91 Å². The van der Waals surface area contributed by atoms with Crippen molar-refractivity contribution in [1.82, 2.24) is 10.6 Å². The molecular formula is C12H24N2OS. The highest BCUT2D eigenvalue weighted by atomic mass is 32.2. The van der Waals surface area contributed by atoms with E-state index in [-0.39, 0.29) is 5.91 Å². The molecule has 1 saturated heterocycles. The van der Waals surface area contributed by atoms with E-state index in [4.69, 9.17) is 0 Å². The molecule has 2 N–H and O–H groups in total. The Morgan fingerprint density at radius 1 is 1.56 bits per heavy atom. The van der Waals surface area contributed by atoms with Gasteiger partial charge in [-0.25, -0.2) is 0 Å². The summed E-state index contributed by atoms with van der Waals surface area (Å²) in [4.78, 5) is 11.6. The Labute approximate surface area is 103 Å². The molecule has 0 saturated carbocycles. The highest BCUT2D eigenvalue weighted by Gasteiger charge is 2.13. The van der Waals surface area contributed by atoms with Crippen LogP contribution in [0.15, 0.2) is 0 Å². The zero-order valence-electron chi connectivity index (χ0n) is 10.4. The number of nitrogens with one attached hydrogen (secondary N) is 2. The molecule has 0 aromatic heterocycles. The quantitative estimate of drug-likeness (QED) is 0.748. The van der Waals surface area contributed by atoms with Gasteiger partial charge in [0.15, 0.2) is 0 Å². The molecule has 0 radical (unpaired) electrons. The van der Waals surface area contributed by atoms with Crippen molar-refractivity contribution in [2.75, 3.05) is 19.3 Å². The average molecular weight is 244 g/mol. The van der Waals surface area contributed by atoms with Crippen LogP contribution < -0.4 is 10.6 Å². The van der Waals surface area contributed by atoms with Gasteiger partial charge in [-0.1, -0.05) is 13.3 Å². The summed E-state index contributed by atoms with van der Waals surface area (Å²) in [7, 11) is 0. The summed E-state index contributed by atoms with van der Waals surface area (Å²) in [6, 6.07) is 0.567. The van der Waals surface area contributed by atoms with Crippen molar-refractivity contribution in [2.24, 2.45) is 0 Å². The third-order valence-electron chi connectivity index (χ3n) is 3.12. The predicted octanol–water partition coefficient (Wildman–Crippen LogP) is 1.78. The Morgan fingerprint density at radius 3 is 3.00 bits per heavy atom. The monoisotopic (exact) mass is 244 g/mol. The van der Waals surface area contributed by atoms with Gasteiger partial charge in [-0.2, -0.15) is 11.8 Å². The summed E-state index contributed by atoms with van der Waals surface area (Å²) in [6.07, 6.45) is 7.55. The van der Waals surface area contributed by atoms with Crippen LogP contribution in [0.25, 0.3) is 0 Å². The predicted molar refractivity (Wildman–Crippen MR) is 70.9 cm³/mol. The van der Waals surface area contributed by atoms with E-state index in [2.05, 4.69) is 23.8 Å². The highest BCUT2D eigenvalue weighted by Crippen LogP contribution is 2.11. The third kappa shape index (κ3) is 5.75. The van der Waals surface area contributed by atoms with E-state index in [1.54, 1.807) is 11.8 Å². The lowest BCUT2D eigenvalue weighted by atomic mass is 10.0. The van der Waals surface area contributed by atoms with Gasteiger partial charge in [0.05, 0.1) is 0 Å². The molecule has 2 atom stereocenters. The van der Waals surface area contributed by atoms with Crippen molar-refractivity contribution in [3.05, 3.63) is 0 Å². The first kappa shape index (κ1) is 13.8. The van der Waals surface area contributed by atoms with Gasteiger partial charge in [-0.15, -0.1) is 0 Å². The normalized spacial score (nSPS) is 22.8. The molecular weight excluding hydrogens is 220 g/mol. The minimum Gasteiger partial charge on any atom is -0.355 e. The van der Waals surface area contributed by atoms with Crippen LogP contribution in [0.3, 0.4) is 0 Å². The van der Waals surface area contributed by atoms with E-state index in [0.29, 0.717) is 17.7 Å². The van der Waals surface area contributed by atoms with Crippen molar-refractivity contribution in [3.8, 4) is 0 Å². The molecule has 1 aliphatic rings. The van der Waals surface area contributed by atoms with Crippen LogP contribution in [-0.2, 0) is 4.79 Å². The first-order valence-electron chi connectivity index (χ1n) is 6.25. The SMILES string of the molecule is CSC(C)CNC(=O)CCC1CCCCN1. The number of amides is 1. The molecule has 4 heteroatoms. The van der Waals surface area contributed by atoms with Crippen molar-refractivity contribution >= 4 is 17.7 Å². The van der Waals surface area contributed by atoms with Crippen LogP contribution >= 0.6 is 11.8 Å². The second-order valence-electron chi connectivity index (χ2n) is 4.54. The second kappa shape index (κ2) is 7.96. The lowest BCUT2D eigenvalue weighted by Crippen LogP contribution is -2.36. The third-order valence-corrected chi connectivity index (χ3v) is 4.09. The molecule has 0 aromatic rings. The van der Waals surface area contributed by atoms with Crippen molar-refractivity contribution in [2.45, 2.75) is 50.3 Å². The molecule has 0 spiro atoms. The van der Waals surface area contributed by atoms with Crippen LogP contribution in [0.2, 0.25) is 0 Å². The summed E-state index contributed by atoms with van der Waals surface area (Å²) in [5.41, 5.74) is 0. The molecule has 3 nitrogen and oxygen atoms in total. The van der Waals surface area contributed by atoms with Crippen LogP contribution in [0.1, 0.15) is 39.0 Å². The summed E-state index contributed by atoms with van der Waals surface area (Å²) in [6.45, 7) is 4.04. The molecule has 1 rings (SSSR count). The van der Waals surface area contributed by atoms with E-state index >= 15 is 0 Å². The molecule has 1 amide bonds. The largest absolute Gasteiger partial charge is 0.355 e. The fourth-order valence-electron chi connectivity index (χ4n) is 1.90. The summed E-state index contributed by atoms with van der Waals surface area (Å²) in [5.74, 6) is 0.202. The summed E-state index contributed by atoms with van der Waals surface area (Å²) in [5, 5.41) is 6.96. The standard InChI is InChI=1S/C12H24N2OS/c1-10(16-2)9-14-12(15)7-6-11-5-3-4-8-13-11/h10-11,13H,3-9H2,1-2H3,(H,14,15). The molecule has 1 aliphatic heterocycles. The number of carbonyl (C=O) groups is 1. The Balaban J connectivity index is 2.05. The number of hydrogen-bond donors (Lipinski definition) is 2. The molecule has 94 valence electrons. The molecule has 16 heavy (non-hydrogen) atoms. The van der Waals surface area contributed by atoms with Gasteiger partial charge in [0.25, 0.3) is 0 Å². The summed E-state index contributed by atoms with van der Waals surface area (Å²) >= 11 is 1.79. The number of hydrogen-bond acceptors (Lipinski definition) is 3. The van der Waals surface area contributed by atoms with E-state index in [1.807, 2.05) is 0 Å². The van der Waals surface area contributed by atoms with Gasteiger partial charge in [0, 0.05) is 24.3 Å². The average Bonchev–Trinajstić information content (AvgIpc) is 2.34. The molecule has 0 bridgehead atoms. The van der Waals surface area contributed by atoms with Gasteiger partial charge in [0.1, 0.15) is 0 Å². The molecule has 1 heterocycles. The smallest absolute Gasteiger partial charge is 0.220 e. The highest BCUT2D eigenvalue weighted by molar-refractivity contribution is 7.99. The van der Waals surface area contributed by atoms with Gasteiger partial charge < -0.3 is 10.6 Å². The maximum absolute atomic E-state index is 11.6. The van der Waals surface area contributed by atoms with Gasteiger partial charge in [-0.3, -0.25) is 4.79 Å². The Morgan fingerprint density at radius 2 is 2.38 bits per heavy atom. The van der Waals surface area contributed by atoms with Crippen molar-refractivity contribution in [3.63, 3.8) is 0 Å². The Hall–Kier alpha value is -0.220. The Kier molecular flexibility index (Phi) is 6.88. The van der Waals surface area contributed by atoms with E-state index in [1.165, 1.54) is 19.3 Å². The van der Waals surface area contributed by atoms with E-state index < -0.39 is 0 Å². The lowest BCUT2D eigenvalue weighted by molar-refractivity contribution is -0.121. The van der Waals surface area contributed by atoms with Gasteiger partial charge in [-0.05, 0) is 32.1 Å². The topological polar surface area (TPSA) is 41.1 Å². The molecule has 1 fully saturated rings. The minimum absolute atomic E-state index is 0.202. The van der Waals surface area contributed by atoms with Crippen LogP contribution in [0.5, 0.6) is 0 Å². The number of rotatable bonds is 6. The molecule has 0 aliphatic carbocycles. The molecule has 2 unspecified atom stereocenters. The minimum atomic E-state index is 0.202. The van der Waals surface area contributed by atoms with E-state index in [9.17, 15) is 4.79 Å². The number of thioether (sulfide) groups is 1. The van der Waals surface area contributed by atoms with Gasteiger partial charge >= 0.3 is 0 Å². The fraction of sp³-hybridized carbons (Fsp3) is 0.917. The molecule has 0 aromatic carbocycles. The first-order valence-corrected chi connectivity index (χ1v) is 7.54. The zero-order valence-corrected chi connectivity index (χ0v) is 11.2. The van der Waals surface area contributed by atoms with Crippen LogP contribution in [0, 0.1) is 0 Å². The Bertz CT molecular complexity index is 205. The number of piperidine rings is 1. The van der Waals surface area contributed by atoms with Crippen molar-refractivity contribution < 1.29 is 4.79 Å². The first-order chi connectivity index (χ1) is 7.72. The van der Waals surface area contributed by atoms with Crippen molar-refractivity contribution in [1.29, 1.82) is 0 Å². The van der Waals surface area contributed by atoms with E-state index in [0.717, 1.165) is 19.5 Å². The van der Waals surface area contributed by atoms with Crippen LogP contribution in [0.4, 0.5) is 0 Å². The maximum Gasteiger partial charge on any atom is 0.220 e. The zero-order chi connectivity index (χ0) is 11.8. The fourth-order valence-corrected chi connectivity index (χ4v) is 2.15. The summed E-state index contributed by atoms with van der Waals surface area (Å²) < 4.78 is 0. The second-order valence-corrected chi connectivity index (χ2v) is 5.81. The maximum atomic E-state index is 11.6. The lowest BCUT2D eigenvalue weighted by Gasteiger charge is -2.23. The van der Waals surface area contributed by atoms with Crippen LogP contribution in [-0.4, -0.2) is 36.5 Å². The number of carbonyl (C=O) groups excluding carboxylic acids is 1.